The first-order chi connectivity index (χ1) is 13.5. The Kier molecular flexibility index (Phi) is 5.49. The second-order valence-electron chi connectivity index (χ2n) is 6.81. The molecule has 0 saturated carbocycles. The van der Waals surface area contributed by atoms with Crippen molar-refractivity contribution in [1.29, 1.82) is 0 Å². The summed E-state index contributed by atoms with van der Waals surface area (Å²) in [4.78, 5) is 0. The van der Waals surface area contributed by atoms with Crippen molar-refractivity contribution in [2.75, 3.05) is 13.2 Å². The molecule has 2 saturated heterocycles. The molecule has 0 bridgehead atoms. The van der Waals surface area contributed by atoms with Crippen molar-refractivity contribution in [1.82, 2.24) is 0 Å². The number of aliphatic hydroxyl groups excluding tert-OH is 2. The van der Waals surface area contributed by atoms with E-state index in [1.54, 1.807) is 24.3 Å². The number of rotatable bonds is 3. The fourth-order valence-electron chi connectivity index (χ4n) is 3.38. The van der Waals surface area contributed by atoms with Gasteiger partial charge in [-0.3, -0.25) is 0 Å². The SMILES string of the molecule is OC[C@H]1OC(c2ccc(O)cc2)OC[C@H](O)[C@@H]2OC(c3ccc(O)cc3)O[C@H]21. The van der Waals surface area contributed by atoms with Crippen LogP contribution in [0, 0.1) is 0 Å². The minimum atomic E-state index is -0.996. The summed E-state index contributed by atoms with van der Waals surface area (Å²) < 4.78 is 23.4. The van der Waals surface area contributed by atoms with Crippen LogP contribution in [0.4, 0.5) is 0 Å². The Balaban J connectivity index is 1.56. The summed E-state index contributed by atoms with van der Waals surface area (Å²) >= 11 is 0. The molecule has 2 aliphatic heterocycles. The molecule has 2 unspecified atom stereocenters. The Bertz CT molecular complexity index is 778. The average molecular weight is 390 g/mol. The molecule has 4 N–H and O–H groups in total. The largest absolute Gasteiger partial charge is 0.508 e. The molecule has 28 heavy (non-hydrogen) atoms. The molecule has 0 spiro atoms. The van der Waals surface area contributed by atoms with E-state index in [0.29, 0.717) is 11.1 Å². The van der Waals surface area contributed by atoms with Crippen LogP contribution >= 0.6 is 0 Å². The van der Waals surface area contributed by atoms with Crippen molar-refractivity contribution in [3.63, 3.8) is 0 Å². The summed E-state index contributed by atoms with van der Waals surface area (Å²) in [7, 11) is 0. The fraction of sp³-hybridized carbons (Fsp3) is 0.400. The molecule has 6 atom stereocenters. The van der Waals surface area contributed by atoms with Crippen LogP contribution in [0.25, 0.3) is 0 Å². The van der Waals surface area contributed by atoms with Crippen LogP contribution < -0.4 is 0 Å². The van der Waals surface area contributed by atoms with Gasteiger partial charge in [-0.25, -0.2) is 0 Å². The normalized spacial score (nSPS) is 33.1. The van der Waals surface area contributed by atoms with Crippen LogP contribution in [0.1, 0.15) is 23.7 Å². The van der Waals surface area contributed by atoms with Crippen molar-refractivity contribution < 1.29 is 39.4 Å². The number of ether oxygens (including phenoxy) is 4. The van der Waals surface area contributed by atoms with Crippen LogP contribution in [0.3, 0.4) is 0 Å². The monoisotopic (exact) mass is 390 g/mol. The zero-order valence-corrected chi connectivity index (χ0v) is 14.9. The van der Waals surface area contributed by atoms with Gasteiger partial charge >= 0.3 is 0 Å². The lowest BCUT2D eigenvalue weighted by Gasteiger charge is -2.34. The number of hydrogen-bond acceptors (Lipinski definition) is 8. The molecule has 2 aliphatic rings. The summed E-state index contributed by atoms with van der Waals surface area (Å²) in [5, 5.41) is 39.4. The van der Waals surface area contributed by atoms with Crippen molar-refractivity contribution in [3.05, 3.63) is 59.7 Å². The minimum absolute atomic E-state index is 0.0590. The van der Waals surface area contributed by atoms with Gasteiger partial charge in [0.05, 0.1) is 13.2 Å². The highest BCUT2D eigenvalue weighted by molar-refractivity contribution is 5.28. The molecule has 2 aromatic carbocycles. The Labute approximate surface area is 161 Å². The third kappa shape index (κ3) is 3.83. The minimum Gasteiger partial charge on any atom is -0.508 e. The van der Waals surface area contributed by atoms with E-state index in [1.807, 2.05) is 0 Å². The van der Waals surface area contributed by atoms with Gasteiger partial charge in [0.15, 0.2) is 12.6 Å². The number of benzene rings is 2. The molecule has 4 rings (SSSR count). The molecule has 150 valence electrons. The van der Waals surface area contributed by atoms with E-state index in [2.05, 4.69) is 0 Å². The van der Waals surface area contributed by atoms with Crippen molar-refractivity contribution in [3.8, 4) is 11.5 Å². The van der Waals surface area contributed by atoms with Crippen LogP contribution in [-0.2, 0) is 18.9 Å². The highest BCUT2D eigenvalue weighted by Crippen LogP contribution is 2.38. The van der Waals surface area contributed by atoms with Gasteiger partial charge in [0, 0.05) is 11.1 Å². The van der Waals surface area contributed by atoms with Crippen molar-refractivity contribution >= 4 is 0 Å². The summed E-state index contributed by atoms with van der Waals surface area (Å²) in [6, 6.07) is 12.7. The smallest absolute Gasteiger partial charge is 0.184 e. The maximum atomic E-state index is 10.6. The third-order valence-corrected chi connectivity index (χ3v) is 4.86. The summed E-state index contributed by atoms with van der Waals surface area (Å²) in [6.45, 7) is -0.423. The van der Waals surface area contributed by atoms with Gasteiger partial charge in [-0.2, -0.15) is 0 Å². The number of hydrogen-bond donors (Lipinski definition) is 4. The fourth-order valence-corrected chi connectivity index (χ4v) is 3.38. The first-order valence-corrected chi connectivity index (χ1v) is 9.00. The first kappa shape index (κ1) is 19.1. The zero-order chi connectivity index (χ0) is 19.7. The predicted octanol–water partition coefficient (Wildman–Crippen LogP) is 1.35. The molecule has 0 aliphatic carbocycles. The molecule has 2 heterocycles. The van der Waals surface area contributed by atoms with E-state index >= 15 is 0 Å². The van der Waals surface area contributed by atoms with E-state index in [4.69, 9.17) is 18.9 Å². The zero-order valence-electron chi connectivity index (χ0n) is 14.9. The molecule has 0 amide bonds. The van der Waals surface area contributed by atoms with Gasteiger partial charge in [-0.1, -0.05) is 24.3 Å². The summed E-state index contributed by atoms with van der Waals surface area (Å²) in [6.07, 6.45) is -4.89. The standard InChI is InChI=1S/C20H22O8/c21-9-16-18-17(27-20(28-18)12-3-7-14(23)8-4-12)15(24)10-25-19(26-16)11-1-5-13(22)6-2-11/h1-8,15-24H,9-10H2/t15-,16+,17-,18-,19?,20?/m0/s1. The maximum absolute atomic E-state index is 10.6. The van der Waals surface area contributed by atoms with Gasteiger partial charge < -0.3 is 39.4 Å². The molecule has 8 nitrogen and oxygen atoms in total. The number of aromatic hydroxyl groups is 2. The second-order valence-corrected chi connectivity index (χ2v) is 6.81. The number of fused-ring (bicyclic) bond motifs is 1. The van der Waals surface area contributed by atoms with E-state index in [0.717, 1.165) is 0 Å². The summed E-state index contributed by atoms with van der Waals surface area (Å²) in [5.74, 6) is 0.229. The van der Waals surface area contributed by atoms with E-state index in [1.165, 1.54) is 24.3 Å². The van der Waals surface area contributed by atoms with Gasteiger partial charge in [-0.05, 0) is 24.3 Å². The molecule has 0 radical (unpaired) electrons. The highest BCUT2D eigenvalue weighted by Gasteiger charge is 2.47. The quantitative estimate of drug-likeness (QED) is 0.620. The topological polar surface area (TPSA) is 118 Å². The van der Waals surface area contributed by atoms with Crippen LogP contribution in [0.5, 0.6) is 11.5 Å². The predicted molar refractivity (Wildman–Crippen MR) is 95.4 cm³/mol. The van der Waals surface area contributed by atoms with Crippen LogP contribution in [0.2, 0.25) is 0 Å². The molecule has 0 aromatic heterocycles. The Morgan fingerprint density at radius 2 is 1.29 bits per heavy atom. The van der Waals surface area contributed by atoms with Gasteiger partial charge in [0.1, 0.15) is 35.9 Å². The van der Waals surface area contributed by atoms with Crippen LogP contribution in [0.15, 0.2) is 48.5 Å². The lowest BCUT2D eigenvalue weighted by atomic mass is 10.0. The molecule has 8 heteroatoms. The lowest BCUT2D eigenvalue weighted by Crippen LogP contribution is -2.49. The van der Waals surface area contributed by atoms with E-state index in [9.17, 15) is 20.4 Å². The summed E-state index contributed by atoms with van der Waals surface area (Å²) in [5.41, 5.74) is 1.31. The molecule has 2 fully saturated rings. The van der Waals surface area contributed by atoms with Crippen molar-refractivity contribution in [2.24, 2.45) is 0 Å². The van der Waals surface area contributed by atoms with Crippen LogP contribution in [-0.4, -0.2) is 58.1 Å². The van der Waals surface area contributed by atoms with E-state index < -0.39 is 37.0 Å². The Morgan fingerprint density at radius 1 is 0.750 bits per heavy atom. The molecule has 2 aromatic rings. The third-order valence-electron chi connectivity index (χ3n) is 4.86. The Hall–Kier alpha value is -2.20. The molecular weight excluding hydrogens is 368 g/mol. The Morgan fingerprint density at radius 3 is 1.86 bits per heavy atom. The number of aliphatic hydroxyl groups is 2. The van der Waals surface area contributed by atoms with Gasteiger partial charge in [-0.15, -0.1) is 0 Å². The van der Waals surface area contributed by atoms with Gasteiger partial charge in [0.2, 0.25) is 0 Å². The van der Waals surface area contributed by atoms with Gasteiger partial charge in [0.25, 0.3) is 0 Å². The first-order valence-electron chi connectivity index (χ1n) is 9.00. The highest BCUT2D eigenvalue weighted by atomic mass is 16.8. The van der Waals surface area contributed by atoms with E-state index in [-0.39, 0.29) is 24.7 Å². The molecular formula is C20H22O8. The van der Waals surface area contributed by atoms with Crippen molar-refractivity contribution in [2.45, 2.75) is 37.0 Å². The lowest BCUT2D eigenvalue weighted by molar-refractivity contribution is -0.239. The number of phenols is 2. The number of phenolic OH excluding ortho intramolecular Hbond substituents is 2. The second kappa shape index (κ2) is 8.04. The average Bonchev–Trinajstić information content (AvgIpc) is 3.13. The maximum Gasteiger partial charge on any atom is 0.184 e.